The van der Waals surface area contributed by atoms with Gasteiger partial charge in [-0.3, -0.25) is 0 Å². The Morgan fingerprint density at radius 1 is 1.10 bits per heavy atom. The summed E-state index contributed by atoms with van der Waals surface area (Å²) in [5.41, 5.74) is 1.43. The van der Waals surface area contributed by atoms with Gasteiger partial charge in [0.25, 0.3) is 0 Å². The van der Waals surface area contributed by atoms with Gasteiger partial charge >= 0.3 is 0 Å². The topological polar surface area (TPSA) is 33.7 Å². The van der Waals surface area contributed by atoms with Crippen LogP contribution in [0.15, 0.2) is 18.2 Å². The Morgan fingerprint density at radius 3 is 2.19 bits per heavy atom. The molecule has 0 heterocycles. The molecule has 2 rings (SSSR count). The van der Waals surface area contributed by atoms with Crippen molar-refractivity contribution in [2.75, 3.05) is 35.4 Å². The van der Waals surface area contributed by atoms with Crippen molar-refractivity contribution in [1.29, 1.82) is 0 Å². The van der Waals surface area contributed by atoms with E-state index in [1.807, 2.05) is 13.1 Å². The lowest BCUT2D eigenvalue weighted by atomic mass is 9.82. The van der Waals surface area contributed by atoms with Crippen LogP contribution in [0.4, 0.5) is 0 Å². The van der Waals surface area contributed by atoms with E-state index in [4.69, 9.17) is 9.47 Å². The Kier molecular flexibility index (Phi) is 5.12. The Hall–Kier alpha value is -1.26. The van der Waals surface area contributed by atoms with Gasteiger partial charge in [-0.1, -0.05) is 18.9 Å². The third-order valence-corrected chi connectivity index (χ3v) is 4.93. The molecule has 0 aliphatic heterocycles. The molecular formula is C17H28N2O2. The van der Waals surface area contributed by atoms with E-state index in [0.29, 0.717) is 0 Å². The van der Waals surface area contributed by atoms with E-state index in [9.17, 15) is 0 Å². The standard InChI is InChI=1S/C17H28N2O2/c1-18-16(17(19(2)3)10-6-7-11-17)13-8-9-14(20-4)15(12-13)21-5/h8-9,12,16,18H,6-7,10-11H2,1-5H3. The number of likely N-dealkylation sites (N-methyl/N-ethyl adjacent to an activating group) is 2. The lowest BCUT2D eigenvalue weighted by molar-refractivity contribution is 0.108. The highest BCUT2D eigenvalue weighted by Crippen LogP contribution is 2.44. The smallest absolute Gasteiger partial charge is 0.161 e. The summed E-state index contributed by atoms with van der Waals surface area (Å²) in [6.45, 7) is 0. The van der Waals surface area contributed by atoms with Gasteiger partial charge in [-0.15, -0.1) is 0 Å². The largest absolute Gasteiger partial charge is 0.493 e. The van der Waals surface area contributed by atoms with Gasteiger partial charge in [0.05, 0.1) is 20.3 Å². The van der Waals surface area contributed by atoms with Crippen LogP contribution < -0.4 is 14.8 Å². The number of hydrogen-bond acceptors (Lipinski definition) is 4. The zero-order valence-corrected chi connectivity index (χ0v) is 13.9. The van der Waals surface area contributed by atoms with Crippen molar-refractivity contribution in [3.63, 3.8) is 0 Å². The van der Waals surface area contributed by atoms with E-state index in [-0.39, 0.29) is 11.6 Å². The molecule has 4 nitrogen and oxygen atoms in total. The fourth-order valence-corrected chi connectivity index (χ4v) is 3.76. The van der Waals surface area contributed by atoms with Gasteiger partial charge in [0.2, 0.25) is 0 Å². The highest BCUT2D eigenvalue weighted by molar-refractivity contribution is 5.44. The third-order valence-electron chi connectivity index (χ3n) is 4.93. The first-order valence-corrected chi connectivity index (χ1v) is 7.65. The number of benzene rings is 1. The van der Waals surface area contributed by atoms with Crippen molar-refractivity contribution in [1.82, 2.24) is 10.2 Å². The van der Waals surface area contributed by atoms with E-state index in [0.717, 1.165) is 11.5 Å². The van der Waals surface area contributed by atoms with Crippen LogP contribution in [0.2, 0.25) is 0 Å². The van der Waals surface area contributed by atoms with Gasteiger partial charge in [-0.2, -0.15) is 0 Å². The van der Waals surface area contributed by atoms with Gasteiger partial charge in [0.15, 0.2) is 11.5 Å². The maximum atomic E-state index is 5.46. The molecule has 0 radical (unpaired) electrons. The van der Waals surface area contributed by atoms with Gasteiger partial charge in [-0.25, -0.2) is 0 Å². The Morgan fingerprint density at radius 2 is 1.71 bits per heavy atom. The van der Waals surface area contributed by atoms with E-state index in [2.05, 4.69) is 36.4 Å². The SMILES string of the molecule is CNC(c1ccc(OC)c(OC)c1)C1(N(C)C)CCCC1. The van der Waals surface area contributed by atoms with E-state index in [1.165, 1.54) is 31.2 Å². The van der Waals surface area contributed by atoms with Crippen LogP contribution in [0.25, 0.3) is 0 Å². The van der Waals surface area contributed by atoms with Crippen molar-refractivity contribution < 1.29 is 9.47 Å². The average molecular weight is 292 g/mol. The fourth-order valence-electron chi connectivity index (χ4n) is 3.76. The summed E-state index contributed by atoms with van der Waals surface area (Å²) < 4.78 is 10.8. The zero-order chi connectivity index (χ0) is 15.5. The van der Waals surface area contributed by atoms with E-state index >= 15 is 0 Å². The maximum absolute atomic E-state index is 5.46. The first-order chi connectivity index (χ1) is 10.1. The summed E-state index contributed by atoms with van der Waals surface area (Å²) in [5.74, 6) is 1.57. The Balaban J connectivity index is 2.41. The molecular weight excluding hydrogens is 264 g/mol. The van der Waals surface area contributed by atoms with Crippen LogP contribution in [0.5, 0.6) is 11.5 Å². The summed E-state index contributed by atoms with van der Waals surface area (Å²) in [4.78, 5) is 2.39. The molecule has 0 spiro atoms. The normalized spacial score (nSPS) is 18.8. The summed E-state index contributed by atoms with van der Waals surface area (Å²) in [6, 6.07) is 6.53. The Labute approximate surface area is 128 Å². The van der Waals surface area contributed by atoms with Gasteiger partial charge in [0.1, 0.15) is 0 Å². The molecule has 0 aromatic heterocycles. The number of nitrogens with zero attached hydrogens (tertiary/aromatic N) is 1. The number of nitrogens with one attached hydrogen (secondary N) is 1. The predicted molar refractivity (Wildman–Crippen MR) is 86.2 cm³/mol. The lowest BCUT2D eigenvalue weighted by Gasteiger charge is -2.43. The van der Waals surface area contributed by atoms with Crippen molar-refractivity contribution in [3.05, 3.63) is 23.8 Å². The van der Waals surface area contributed by atoms with Crippen molar-refractivity contribution in [2.45, 2.75) is 37.3 Å². The molecule has 1 atom stereocenters. The minimum Gasteiger partial charge on any atom is -0.493 e. The van der Waals surface area contributed by atoms with Crippen LogP contribution in [0, 0.1) is 0 Å². The molecule has 0 bridgehead atoms. The molecule has 1 aliphatic carbocycles. The van der Waals surface area contributed by atoms with Crippen LogP contribution >= 0.6 is 0 Å². The summed E-state index contributed by atoms with van der Waals surface area (Å²) in [5, 5.41) is 3.53. The third kappa shape index (κ3) is 2.87. The van der Waals surface area contributed by atoms with Crippen LogP contribution in [-0.2, 0) is 0 Å². The van der Waals surface area contributed by atoms with E-state index < -0.39 is 0 Å². The van der Waals surface area contributed by atoms with E-state index in [1.54, 1.807) is 14.2 Å². The molecule has 21 heavy (non-hydrogen) atoms. The number of rotatable bonds is 6. The quantitative estimate of drug-likeness (QED) is 0.874. The second-order valence-corrected chi connectivity index (χ2v) is 6.04. The molecule has 1 aromatic rings. The molecule has 118 valence electrons. The first-order valence-electron chi connectivity index (χ1n) is 7.65. The minimum absolute atomic E-state index is 0.175. The first kappa shape index (κ1) is 16.1. The Bertz CT molecular complexity index is 468. The summed E-state index contributed by atoms with van der Waals surface area (Å²) >= 11 is 0. The monoisotopic (exact) mass is 292 g/mol. The molecule has 1 N–H and O–H groups in total. The molecule has 1 saturated carbocycles. The molecule has 0 saturated heterocycles. The second-order valence-electron chi connectivity index (χ2n) is 6.04. The van der Waals surface area contributed by atoms with Crippen molar-refractivity contribution >= 4 is 0 Å². The summed E-state index contributed by atoms with van der Waals surface area (Å²) in [7, 11) is 9.79. The van der Waals surface area contributed by atoms with Gasteiger partial charge in [0, 0.05) is 5.54 Å². The molecule has 1 aromatic carbocycles. The second kappa shape index (κ2) is 6.67. The molecule has 0 amide bonds. The molecule has 1 fully saturated rings. The highest BCUT2D eigenvalue weighted by atomic mass is 16.5. The molecule has 1 unspecified atom stereocenters. The maximum Gasteiger partial charge on any atom is 0.161 e. The number of ether oxygens (including phenoxy) is 2. The fraction of sp³-hybridized carbons (Fsp3) is 0.647. The minimum atomic E-state index is 0.175. The molecule has 4 heteroatoms. The van der Waals surface area contributed by atoms with Gasteiger partial charge in [-0.05, 0) is 51.7 Å². The zero-order valence-electron chi connectivity index (χ0n) is 13.9. The average Bonchev–Trinajstić information content (AvgIpc) is 2.98. The van der Waals surface area contributed by atoms with Crippen LogP contribution in [0.3, 0.4) is 0 Å². The lowest BCUT2D eigenvalue weighted by Crippen LogP contribution is -2.51. The van der Waals surface area contributed by atoms with Crippen LogP contribution in [-0.4, -0.2) is 45.8 Å². The van der Waals surface area contributed by atoms with Crippen molar-refractivity contribution in [3.8, 4) is 11.5 Å². The highest BCUT2D eigenvalue weighted by Gasteiger charge is 2.43. The number of methoxy groups -OCH3 is 2. The van der Waals surface area contributed by atoms with Crippen LogP contribution in [0.1, 0.15) is 37.3 Å². The molecule has 1 aliphatic rings. The number of hydrogen-bond donors (Lipinski definition) is 1. The van der Waals surface area contributed by atoms with Crippen molar-refractivity contribution in [2.24, 2.45) is 0 Å². The van der Waals surface area contributed by atoms with Gasteiger partial charge < -0.3 is 19.7 Å². The predicted octanol–water partition coefficient (Wildman–Crippen LogP) is 2.84. The summed E-state index contributed by atoms with van der Waals surface area (Å²) in [6.07, 6.45) is 5.03.